The summed E-state index contributed by atoms with van der Waals surface area (Å²) in [5.41, 5.74) is 2.20. The van der Waals surface area contributed by atoms with Crippen molar-refractivity contribution < 1.29 is 9.53 Å². The van der Waals surface area contributed by atoms with Crippen LogP contribution in [0.1, 0.15) is 31.3 Å². The smallest absolute Gasteiger partial charge is 0.322 e. The van der Waals surface area contributed by atoms with Gasteiger partial charge in [0.2, 0.25) is 0 Å². The maximum atomic E-state index is 13.9. The summed E-state index contributed by atoms with van der Waals surface area (Å²) in [5.74, 6) is 1.09. The molecule has 0 aliphatic heterocycles. The van der Waals surface area contributed by atoms with Crippen molar-refractivity contribution in [3.8, 4) is 11.4 Å². The van der Waals surface area contributed by atoms with Crippen molar-refractivity contribution in [1.29, 1.82) is 0 Å². The molecule has 1 heterocycles. The lowest BCUT2D eigenvalue weighted by molar-refractivity contribution is 0.185. The molecule has 1 atom stereocenters. The lowest BCUT2D eigenvalue weighted by atomic mass is 10.1. The number of ether oxygens (including phenoxy) is 1. The summed E-state index contributed by atoms with van der Waals surface area (Å²) >= 11 is 12.6. The molecule has 41 heavy (non-hydrogen) atoms. The Hall–Kier alpha value is -4.33. The Labute approximate surface area is 247 Å². The van der Waals surface area contributed by atoms with Crippen molar-refractivity contribution in [3.63, 3.8) is 0 Å². The summed E-state index contributed by atoms with van der Waals surface area (Å²) in [6.07, 6.45) is 0. The van der Waals surface area contributed by atoms with Crippen LogP contribution in [0, 0.1) is 0 Å². The van der Waals surface area contributed by atoms with E-state index in [1.165, 1.54) is 0 Å². The van der Waals surface area contributed by atoms with Crippen molar-refractivity contribution in [2.45, 2.75) is 26.4 Å². The molecule has 0 aliphatic carbocycles. The highest BCUT2D eigenvalue weighted by Gasteiger charge is 2.28. The van der Waals surface area contributed by atoms with E-state index >= 15 is 0 Å². The maximum absolute atomic E-state index is 13.9. The van der Waals surface area contributed by atoms with Crippen LogP contribution >= 0.6 is 23.2 Å². The van der Waals surface area contributed by atoms with Crippen LogP contribution in [0.2, 0.25) is 10.0 Å². The predicted molar refractivity (Wildman–Crippen MR) is 164 cm³/mol. The SMILES string of the molecule is CCOc1ccc(-n2c(C(C)N(Cc3ccccc3)C(=O)Nc3cccc(Cl)c3Cl)nc3ccccc3c2=O)cc1. The highest BCUT2D eigenvalue weighted by Crippen LogP contribution is 2.31. The Morgan fingerprint density at radius 1 is 0.951 bits per heavy atom. The molecule has 0 bridgehead atoms. The fourth-order valence-corrected chi connectivity index (χ4v) is 4.98. The quantitative estimate of drug-likeness (QED) is 0.200. The third kappa shape index (κ3) is 6.06. The van der Waals surface area contributed by atoms with Gasteiger partial charge in [0.15, 0.2) is 0 Å². The molecule has 5 rings (SSSR count). The lowest BCUT2D eigenvalue weighted by Gasteiger charge is -2.31. The summed E-state index contributed by atoms with van der Waals surface area (Å²) in [7, 11) is 0. The van der Waals surface area contributed by atoms with Crippen LogP contribution < -0.4 is 15.6 Å². The van der Waals surface area contributed by atoms with Gasteiger partial charge < -0.3 is 15.0 Å². The van der Waals surface area contributed by atoms with Crippen molar-refractivity contribution in [2.24, 2.45) is 0 Å². The molecule has 1 N–H and O–H groups in total. The van der Waals surface area contributed by atoms with Crippen LogP contribution in [0.3, 0.4) is 0 Å². The zero-order valence-electron chi connectivity index (χ0n) is 22.6. The number of anilines is 1. The minimum atomic E-state index is -0.642. The molecule has 2 amide bonds. The van der Waals surface area contributed by atoms with Gasteiger partial charge in [-0.05, 0) is 67.9 Å². The Bertz CT molecular complexity index is 1740. The van der Waals surface area contributed by atoms with Gasteiger partial charge in [-0.15, -0.1) is 0 Å². The predicted octanol–water partition coefficient (Wildman–Crippen LogP) is 7.89. The Morgan fingerprint density at radius 3 is 2.39 bits per heavy atom. The van der Waals surface area contributed by atoms with E-state index in [0.29, 0.717) is 45.5 Å². The number of carbonyl (C=O) groups is 1. The largest absolute Gasteiger partial charge is 0.494 e. The molecule has 0 spiro atoms. The molecule has 9 heteroatoms. The van der Waals surface area contributed by atoms with Crippen LogP contribution in [0.15, 0.2) is 102 Å². The van der Waals surface area contributed by atoms with Crippen LogP contribution in [-0.4, -0.2) is 27.1 Å². The lowest BCUT2D eigenvalue weighted by Crippen LogP contribution is -2.39. The van der Waals surface area contributed by atoms with Gasteiger partial charge in [0.05, 0.1) is 45.0 Å². The fraction of sp³-hybridized carbons (Fsp3) is 0.156. The zero-order valence-corrected chi connectivity index (χ0v) is 24.1. The molecular formula is C32H28Cl2N4O3. The van der Waals surface area contributed by atoms with E-state index in [9.17, 15) is 9.59 Å². The normalized spacial score (nSPS) is 11.7. The molecule has 4 aromatic carbocycles. The van der Waals surface area contributed by atoms with Gasteiger partial charge in [-0.25, -0.2) is 9.78 Å². The maximum Gasteiger partial charge on any atom is 0.322 e. The molecule has 0 saturated heterocycles. The van der Waals surface area contributed by atoms with E-state index < -0.39 is 12.1 Å². The van der Waals surface area contributed by atoms with Gasteiger partial charge >= 0.3 is 6.03 Å². The average molecular weight is 588 g/mol. The van der Waals surface area contributed by atoms with Crippen LogP contribution in [0.25, 0.3) is 16.6 Å². The van der Waals surface area contributed by atoms with Crippen LogP contribution in [0.5, 0.6) is 5.75 Å². The topological polar surface area (TPSA) is 76.5 Å². The monoisotopic (exact) mass is 586 g/mol. The molecule has 0 saturated carbocycles. The first kappa shape index (κ1) is 28.2. The fourth-order valence-electron chi connectivity index (χ4n) is 4.63. The number of aromatic nitrogens is 2. The molecule has 5 aromatic rings. The number of rotatable bonds is 8. The van der Waals surface area contributed by atoms with Crippen LogP contribution in [0.4, 0.5) is 10.5 Å². The summed E-state index contributed by atoms with van der Waals surface area (Å²) in [4.78, 5) is 34.4. The van der Waals surface area contributed by atoms with Gasteiger partial charge in [-0.2, -0.15) is 0 Å². The number of amides is 2. The number of urea groups is 1. The van der Waals surface area contributed by atoms with Gasteiger partial charge in [0.25, 0.3) is 5.56 Å². The number of para-hydroxylation sites is 1. The molecule has 0 radical (unpaired) electrons. The summed E-state index contributed by atoms with van der Waals surface area (Å²) in [6, 6.07) is 28.0. The molecule has 7 nitrogen and oxygen atoms in total. The van der Waals surface area contributed by atoms with E-state index in [1.54, 1.807) is 45.9 Å². The van der Waals surface area contributed by atoms with Gasteiger partial charge in [-0.3, -0.25) is 9.36 Å². The van der Waals surface area contributed by atoms with E-state index in [1.807, 2.05) is 74.5 Å². The first-order valence-electron chi connectivity index (χ1n) is 13.2. The zero-order chi connectivity index (χ0) is 28.9. The Morgan fingerprint density at radius 2 is 1.66 bits per heavy atom. The molecule has 1 unspecified atom stereocenters. The standard InChI is InChI=1S/C32H28Cl2N4O3/c1-3-41-24-18-16-23(17-19-24)38-30(35-27-14-8-7-12-25(27)31(38)39)21(2)37(20-22-10-5-4-6-11-22)32(40)36-28-15-9-13-26(33)29(28)34/h4-19,21H,3,20H2,1-2H3,(H,36,40). The second kappa shape index (κ2) is 12.5. The van der Waals surface area contributed by atoms with Crippen molar-refractivity contribution in [1.82, 2.24) is 14.5 Å². The first-order valence-corrected chi connectivity index (χ1v) is 13.9. The molecular weight excluding hydrogens is 559 g/mol. The molecule has 0 fully saturated rings. The Kier molecular flexibility index (Phi) is 8.57. The summed E-state index contributed by atoms with van der Waals surface area (Å²) in [6.45, 7) is 4.54. The second-order valence-corrected chi connectivity index (χ2v) is 10.2. The molecule has 0 aliphatic rings. The van der Waals surface area contributed by atoms with Gasteiger partial charge in [-0.1, -0.05) is 71.7 Å². The summed E-state index contributed by atoms with van der Waals surface area (Å²) < 4.78 is 7.16. The van der Waals surface area contributed by atoms with Gasteiger partial charge in [0, 0.05) is 6.54 Å². The third-order valence-electron chi connectivity index (χ3n) is 6.70. The van der Waals surface area contributed by atoms with Gasteiger partial charge in [0.1, 0.15) is 11.6 Å². The Balaban J connectivity index is 1.64. The number of halogens is 2. The van der Waals surface area contributed by atoms with E-state index in [-0.39, 0.29) is 17.1 Å². The number of carbonyl (C=O) groups excluding carboxylic acids is 1. The minimum absolute atomic E-state index is 0.237. The molecule has 1 aromatic heterocycles. The molecule has 208 valence electrons. The van der Waals surface area contributed by atoms with Crippen molar-refractivity contribution in [3.05, 3.63) is 129 Å². The number of benzene rings is 4. The number of hydrogen-bond acceptors (Lipinski definition) is 4. The van der Waals surface area contributed by atoms with Crippen molar-refractivity contribution in [2.75, 3.05) is 11.9 Å². The number of nitrogens with zero attached hydrogens (tertiary/aromatic N) is 3. The number of fused-ring (bicyclic) bond motifs is 1. The minimum Gasteiger partial charge on any atom is -0.494 e. The number of nitrogens with one attached hydrogen (secondary N) is 1. The first-order chi connectivity index (χ1) is 19.9. The second-order valence-electron chi connectivity index (χ2n) is 9.38. The average Bonchev–Trinajstić information content (AvgIpc) is 2.99. The highest BCUT2D eigenvalue weighted by molar-refractivity contribution is 6.43. The third-order valence-corrected chi connectivity index (χ3v) is 7.52. The highest BCUT2D eigenvalue weighted by atomic mass is 35.5. The van der Waals surface area contributed by atoms with E-state index in [4.69, 9.17) is 32.9 Å². The number of hydrogen-bond donors (Lipinski definition) is 1. The summed E-state index contributed by atoms with van der Waals surface area (Å²) in [5, 5.41) is 3.93. The van der Waals surface area contributed by atoms with E-state index in [2.05, 4.69) is 5.32 Å². The van der Waals surface area contributed by atoms with Crippen molar-refractivity contribution >= 4 is 45.8 Å². The van der Waals surface area contributed by atoms with Crippen LogP contribution in [-0.2, 0) is 6.54 Å². The van der Waals surface area contributed by atoms with E-state index in [0.717, 1.165) is 5.56 Å².